The first-order chi connectivity index (χ1) is 17.4. The van der Waals surface area contributed by atoms with Gasteiger partial charge in [0, 0.05) is 50.1 Å². The topological polar surface area (TPSA) is 61.9 Å². The number of anilines is 2. The molecule has 2 aromatic carbocycles. The number of morpholine rings is 1. The number of carbonyl (C=O) groups is 2. The third kappa shape index (κ3) is 5.10. The molecule has 0 spiro atoms. The SMILES string of the molecule is [2H]C1(C(=O)Nc2ccc(N3CCOCC3)c(F)c2)CCN(C(=O)c2ccc(CC)cc2)C([2H])([2H])C1([2H])[2H]. The number of likely N-dealkylation sites (tertiary alicyclic amines) is 1. The standard InChI is InChI=1S/C25H30FN3O3/c1-2-18-3-5-20(6-4-18)25(31)29-11-9-19(10-12-29)24(30)27-21-7-8-23(22(26)17-21)28-13-15-32-16-14-28/h3-8,17,19H,2,9-16H2,1H3,(H,27,30)/i9D2,11D2,19D. The van der Waals surface area contributed by atoms with Crippen molar-refractivity contribution >= 4 is 23.2 Å². The minimum absolute atomic E-state index is 0.0250. The molecule has 7 heteroatoms. The van der Waals surface area contributed by atoms with Crippen molar-refractivity contribution in [3.05, 3.63) is 59.4 Å². The highest BCUT2D eigenvalue weighted by Crippen LogP contribution is 2.26. The molecule has 0 aromatic heterocycles. The molecule has 32 heavy (non-hydrogen) atoms. The Morgan fingerprint density at radius 3 is 2.62 bits per heavy atom. The highest BCUT2D eigenvalue weighted by Gasteiger charge is 2.28. The maximum absolute atomic E-state index is 14.8. The zero-order chi connectivity index (χ0) is 27.0. The summed E-state index contributed by atoms with van der Waals surface area (Å²) in [4.78, 5) is 28.8. The molecule has 2 aliphatic heterocycles. The van der Waals surface area contributed by atoms with Gasteiger partial charge in [0.1, 0.15) is 5.82 Å². The second kappa shape index (κ2) is 10.1. The van der Waals surface area contributed by atoms with Crippen molar-refractivity contribution < 1.29 is 25.6 Å². The van der Waals surface area contributed by atoms with Crippen molar-refractivity contribution in [3.8, 4) is 0 Å². The van der Waals surface area contributed by atoms with Gasteiger partial charge in [-0.1, -0.05) is 19.1 Å². The van der Waals surface area contributed by atoms with Gasteiger partial charge in [-0.2, -0.15) is 0 Å². The van der Waals surface area contributed by atoms with Gasteiger partial charge in [0.2, 0.25) is 5.91 Å². The van der Waals surface area contributed by atoms with E-state index in [1.165, 1.54) is 12.1 Å². The van der Waals surface area contributed by atoms with Crippen LogP contribution in [0.5, 0.6) is 0 Å². The van der Waals surface area contributed by atoms with E-state index in [4.69, 9.17) is 11.6 Å². The maximum atomic E-state index is 14.8. The van der Waals surface area contributed by atoms with Crippen LogP contribution in [-0.4, -0.2) is 56.1 Å². The summed E-state index contributed by atoms with van der Waals surface area (Å²) in [5.74, 6) is -5.00. The zero-order valence-electron chi connectivity index (χ0n) is 23.0. The number of benzene rings is 2. The molecule has 1 N–H and O–H groups in total. The number of nitrogens with zero attached hydrogens (tertiary/aromatic N) is 2. The number of amides is 2. The lowest BCUT2D eigenvalue weighted by atomic mass is 9.95. The fourth-order valence-corrected chi connectivity index (χ4v) is 3.69. The number of piperidine rings is 1. The Kier molecular flexibility index (Phi) is 5.27. The maximum Gasteiger partial charge on any atom is 0.253 e. The van der Waals surface area contributed by atoms with Gasteiger partial charge in [0.25, 0.3) is 5.91 Å². The average Bonchev–Trinajstić information content (AvgIpc) is 2.88. The monoisotopic (exact) mass is 444 g/mol. The summed E-state index contributed by atoms with van der Waals surface area (Å²) in [5.41, 5.74) is 1.55. The molecular formula is C25H30FN3O3. The number of nitrogens with one attached hydrogen (secondary N) is 1. The average molecular weight is 445 g/mol. The van der Waals surface area contributed by atoms with Crippen LogP contribution in [-0.2, 0) is 16.0 Å². The van der Waals surface area contributed by atoms with Crippen LogP contribution in [0.1, 0.15) is 42.5 Å². The van der Waals surface area contributed by atoms with Crippen LogP contribution in [0.15, 0.2) is 42.5 Å². The summed E-state index contributed by atoms with van der Waals surface area (Å²) < 4.78 is 62.7. The first-order valence-electron chi connectivity index (χ1n) is 13.3. The zero-order valence-corrected chi connectivity index (χ0v) is 18.0. The highest BCUT2D eigenvalue weighted by atomic mass is 19.1. The molecule has 2 fully saturated rings. The van der Waals surface area contributed by atoms with Gasteiger partial charge in [-0.05, 0) is 55.1 Å². The third-order valence-electron chi connectivity index (χ3n) is 5.61. The van der Waals surface area contributed by atoms with Gasteiger partial charge in [0.15, 0.2) is 0 Å². The van der Waals surface area contributed by atoms with E-state index in [1.807, 2.05) is 11.8 Å². The molecule has 1 unspecified atom stereocenters. The van der Waals surface area contributed by atoms with Gasteiger partial charge >= 0.3 is 0 Å². The number of hydrogen-bond acceptors (Lipinski definition) is 4. The van der Waals surface area contributed by atoms with E-state index in [0.717, 1.165) is 23.0 Å². The molecule has 2 aromatic rings. The number of hydrogen-bond donors (Lipinski definition) is 1. The van der Waals surface area contributed by atoms with Crippen LogP contribution in [0, 0.1) is 11.7 Å². The molecule has 6 nitrogen and oxygen atoms in total. The molecule has 2 heterocycles. The largest absolute Gasteiger partial charge is 0.378 e. The summed E-state index contributed by atoms with van der Waals surface area (Å²) in [6.07, 6.45) is -2.76. The summed E-state index contributed by atoms with van der Waals surface area (Å²) in [7, 11) is 0. The molecule has 1 atom stereocenters. The lowest BCUT2D eigenvalue weighted by Gasteiger charge is -2.31. The Labute approximate surface area is 195 Å². The molecular weight excluding hydrogens is 409 g/mol. The highest BCUT2D eigenvalue weighted by molar-refractivity contribution is 5.95. The van der Waals surface area contributed by atoms with Crippen LogP contribution in [0.2, 0.25) is 0 Å². The van der Waals surface area contributed by atoms with E-state index in [-0.39, 0.29) is 17.8 Å². The predicted octanol–water partition coefficient (Wildman–Crippen LogP) is 3.72. The van der Waals surface area contributed by atoms with E-state index < -0.39 is 42.8 Å². The van der Waals surface area contributed by atoms with Crippen LogP contribution in [0.4, 0.5) is 15.8 Å². The van der Waals surface area contributed by atoms with E-state index in [0.29, 0.717) is 32.0 Å². The van der Waals surface area contributed by atoms with Crippen LogP contribution in [0.3, 0.4) is 0 Å². The Balaban J connectivity index is 1.53. The minimum Gasteiger partial charge on any atom is -0.378 e. The fourth-order valence-electron chi connectivity index (χ4n) is 3.69. The molecule has 0 bridgehead atoms. The smallest absolute Gasteiger partial charge is 0.253 e. The Morgan fingerprint density at radius 2 is 1.94 bits per heavy atom. The van der Waals surface area contributed by atoms with E-state index in [9.17, 15) is 14.0 Å². The number of halogens is 1. The van der Waals surface area contributed by atoms with E-state index in [2.05, 4.69) is 5.32 Å². The van der Waals surface area contributed by atoms with Gasteiger partial charge in [-0.25, -0.2) is 4.39 Å². The molecule has 170 valence electrons. The number of aryl methyl sites for hydroxylation is 1. The summed E-state index contributed by atoms with van der Waals surface area (Å²) >= 11 is 0. The second-order valence-corrected chi connectivity index (χ2v) is 7.69. The van der Waals surface area contributed by atoms with Gasteiger partial charge in [-0.3, -0.25) is 9.59 Å². The summed E-state index contributed by atoms with van der Waals surface area (Å²) in [6.45, 7) is 0.635. The van der Waals surface area contributed by atoms with Gasteiger partial charge in [-0.15, -0.1) is 0 Å². The van der Waals surface area contributed by atoms with Gasteiger partial charge < -0.3 is 19.9 Å². The Bertz CT molecular complexity index is 1170. The van der Waals surface area contributed by atoms with Crippen molar-refractivity contribution in [3.63, 3.8) is 0 Å². The Morgan fingerprint density at radius 1 is 1.19 bits per heavy atom. The minimum atomic E-state index is -3.08. The van der Waals surface area contributed by atoms with E-state index >= 15 is 0 Å². The van der Waals surface area contributed by atoms with E-state index in [1.54, 1.807) is 24.3 Å². The predicted molar refractivity (Wildman–Crippen MR) is 123 cm³/mol. The number of ether oxygens (including phenoxy) is 1. The molecule has 0 saturated carbocycles. The van der Waals surface area contributed by atoms with Gasteiger partial charge in [0.05, 0.1) is 18.9 Å². The quantitative estimate of drug-likeness (QED) is 0.764. The molecule has 0 aliphatic carbocycles. The van der Waals surface area contributed by atoms with Crippen molar-refractivity contribution in [2.45, 2.75) is 26.1 Å². The van der Waals surface area contributed by atoms with Crippen LogP contribution >= 0.6 is 0 Å². The first kappa shape index (κ1) is 16.7. The lowest BCUT2D eigenvalue weighted by molar-refractivity contribution is -0.121. The molecule has 2 saturated heterocycles. The third-order valence-corrected chi connectivity index (χ3v) is 5.61. The molecule has 2 aliphatic rings. The van der Waals surface area contributed by atoms with Crippen molar-refractivity contribution in [1.82, 2.24) is 4.90 Å². The Hall–Kier alpha value is -2.93. The van der Waals surface area contributed by atoms with Crippen LogP contribution in [0.25, 0.3) is 0 Å². The number of carbonyl (C=O) groups excluding carboxylic acids is 2. The normalized spacial score (nSPS) is 26.8. The fraction of sp³-hybridized carbons (Fsp3) is 0.440. The van der Waals surface area contributed by atoms with Crippen molar-refractivity contribution in [2.75, 3.05) is 49.6 Å². The first-order valence-corrected chi connectivity index (χ1v) is 10.8. The van der Waals surface area contributed by atoms with Crippen LogP contribution < -0.4 is 10.2 Å². The second-order valence-electron chi connectivity index (χ2n) is 7.69. The van der Waals surface area contributed by atoms with Crippen molar-refractivity contribution in [1.29, 1.82) is 0 Å². The lowest BCUT2D eigenvalue weighted by Crippen LogP contribution is -2.41. The number of rotatable bonds is 5. The molecule has 2 amide bonds. The van der Waals surface area contributed by atoms with Crippen molar-refractivity contribution in [2.24, 2.45) is 5.89 Å². The molecule has 0 radical (unpaired) electrons. The molecule has 4 rings (SSSR count). The summed E-state index contributed by atoms with van der Waals surface area (Å²) in [5, 5.41) is 2.39. The summed E-state index contributed by atoms with van der Waals surface area (Å²) in [6, 6.07) is 10.6.